The zero-order valence-corrected chi connectivity index (χ0v) is 23.3. The Bertz CT molecular complexity index is 1540. The van der Waals surface area contributed by atoms with Gasteiger partial charge in [-0.05, 0) is 49.7 Å². The average molecular weight is 583 g/mol. The van der Waals surface area contributed by atoms with Crippen molar-refractivity contribution >= 4 is 23.8 Å². The van der Waals surface area contributed by atoms with Crippen molar-refractivity contribution in [3.8, 4) is 0 Å². The predicted octanol–water partition coefficient (Wildman–Crippen LogP) is 4.00. The van der Waals surface area contributed by atoms with E-state index >= 15 is 0 Å². The molecule has 0 aromatic heterocycles. The van der Waals surface area contributed by atoms with E-state index in [1.807, 2.05) is 0 Å². The van der Waals surface area contributed by atoms with E-state index < -0.39 is 47.9 Å². The molecular formula is C33H30N2O8. The lowest BCUT2D eigenvalue weighted by Crippen LogP contribution is -2.55. The Balaban J connectivity index is 1.52. The molecule has 5 rings (SSSR count). The Morgan fingerprint density at radius 1 is 0.837 bits per heavy atom. The van der Waals surface area contributed by atoms with Gasteiger partial charge in [-0.15, -0.1) is 0 Å². The van der Waals surface area contributed by atoms with E-state index in [2.05, 4.69) is 0 Å². The van der Waals surface area contributed by atoms with Gasteiger partial charge in [0.2, 0.25) is 5.91 Å². The van der Waals surface area contributed by atoms with Gasteiger partial charge in [-0.2, -0.15) is 0 Å². The number of primary amides is 1. The molecule has 0 bridgehead atoms. The third-order valence-corrected chi connectivity index (χ3v) is 7.16. The minimum Gasteiger partial charge on any atom is -0.459 e. The van der Waals surface area contributed by atoms with Crippen molar-refractivity contribution in [2.75, 3.05) is 6.61 Å². The molecule has 1 saturated heterocycles. The monoisotopic (exact) mass is 582 g/mol. The molecule has 0 saturated carbocycles. The molecule has 10 nitrogen and oxygen atoms in total. The highest BCUT2D eigenvalue weighted by Crippen LogP contribution is 2.41. The summed E-state index contributed by atoms with van der Waals surface area (Å²) in [6.07, 6.45) is 1.72. The van der Waals surface area contributed by atoms with Gasteiger partial charge in [0.15, 0.2) is 17.9 Å². The molecule has 3 aromatic rings. The first-order valence-electron chi connectivity index (χ1n) is 13.6. The summed E-state index contributed by atoms with van der Waals surface area (Å²) >= 11 is 0. The fraction of sp³-hybridized carbons (Fsp3) is 0.212. The van der Waals surface area contributed by atoms with Crippen molar-refractivity contribution in [3.05, 3.63) is 132 Å². The summed E-state index contributed by atoms with van der Waals surface area (Å²) in [5.74, 6) is -2.63. The number of carbonyl (C=O) groups excluding carboxylic acids is 4. The number of nitrogens with two attached hydrogens (primary N) is 1. The highest BCUT2D eigenvalue weighted by Gasteiger charge is 2.61. The second-order valence-electron chi connectivity index (χ2n) is 10.2. The number of benzene rings is 3. The molecule has 2 aliphatic rings. The van der Waals surface area contributed by atoms with Gasteiger partial charge in [0.25, 0.3) is 0 Å². The third-order valence-electron chi connectivity index (χ3n) is 7.16. The van der Waals surface area contributed by atoms with E-state index in [4.69, 9.17) is 24.7 Å². The molecule has 2 heterocycles. The molecule has 2 aliphatic heterocycles. The van der Waals surface area contributed by atoms with Crippen LogP contribution >= 0.6 is 0 Å². The number of hydrogen-bond donors (Lipinski definition) is 1. The lowest BCUT2D eigenvalue weighted by Gasteiger charge is -2.38. The van der Waals surface area contributed by atoms with Gasteiger partial charge in [0.05, 0.1) is 16.7 Å². The van der Waals surface area contributed by atoms with Crippen LogP contribution in [0.4, 0.5) is 0 Å². The van der Waals surface area contributed by atoms with Crippen LogP contribution < -0.4 is 5.73 Å². The van der Waals surface area contributed by atoms with Crippen LogP contribution in [0, 0.1) is 0 Å². The topological polar surface area (TPSA) is 134 Å². The van der Waals surface area contributed by atoms with Crippen molar-refractivity contribution in [1.82, 2.24) is 4.90 Å². The number of hydrogen-bond acceptors (Lipinski definition) is 9. The number of esters is 3. The van der Waals surface area contributed by atoms with Crippen LogP contribution in [0.15, 0.2) is 115 Å². The highest BCUT2D eigenvalue weighted by molar-refractivity contribution is 5.92. The summed E-state index contributed by atoms with van der Waals surface area (Å²) < 4.78 is 24.1. The van der Waals surface area contributed by atoms with Gasteiger partial charge in [0, 0.05) is 18.0 Å². The second kappa shape index (κ2) is 12.7. The van der Waals surface area contributed by atoms with Crippen molar-refractivity contribution in [2.24, 2.45) is 5.73 Å². The first-order valence-corrected chi connectivity index (χ1v) is 13.6. The van der Waals surface area contributed by atoms with Crippen LogP contribution in [0.3, 0.4) is 0 Å². The molecule has 0 radical (unpaired) electrons. The van der Waals surface area contributed by atoms with Gasteiger partial charge in [0.1, 0.15) is 12.7 Å². The first-order chi connectivity index (χ1) is 20.8. The average Bonchev–Trinajstić information content (AvgIpc) is 3.31. The molecule has 43 heavy (non-hydrogen) atoms. The Labute approximate surface area is 248 Å². The molecule has 0 unspecified atom stereocenters. The van der Waals surface area contributed by atoms with Gasteiger partial charge in [-0.25, -0.2) is 14.4 Å². The fourth-order valence-corrected chi connectivity index (χ4v) is 4.97. The van der Waals surface area contributed by atoms with E-state index in [0.29, 0.717) is 17.6 Å². The second-order valence-corrected chi connectivity index (χ2v) is 10.2. The van der Waals surface area contributed by atoms with E-state index in [0.717, 1.165) is 0 Å². The van der Waals surface area contributed by atoms with Gasteiger partial charge in [-0.1, -0.05) is 60.7 Å². The van der Waals surface area contributed by atoms with E-state index in [-0.39, 0.29) is 17.7 Å². The maximum absolute atomic E-state index is 13.4. The smallest absolute Gasteiger partial charge is 0.338 e. The standard InChI is InChI=1S/C33H30N2O8/c1-33(43-31(39)24-16-9-4-10-17-24)27(42-30(38)23-14-7-3-8-15-23)26(21-40-29(37)22-12-5-2-6-13-22)41-32(33)35-19-11-18-25(20-35)28(34)36/h2-17,19-20,26-27,32H,18,21H2,1H3,(H2,34,36)/t26-,27+,32-,33-/m0/s1. The van der Waals surface area contributed by atoms with Crippen molar-refractivity contribution in [2.45, 2.75) is 37.4 Å². The number of carbonyl (C=O) groups is 4. The SMILES string of the molecule is C[C@]1(OC(=O)c2ccccc2)[C@H](OC(=O)c2ccccc2)[C@H](COC(=O)c2ccccc2)O[C@@H]1N1C=CCC(C(N)=O)=C1. The van der Waals surface area contributed by atoms with Gasteiger partial charge >= 0.3 is 17.9 Å². The molecular weight excluding hydrogens is 552 g/mol. The van der Waals surface area contributed by atoms with E-state index in [1.165, 1.54) is 11.1 Å². The third kappa shape index (κ3) is 6.49. The Morgan fingerprint density at radius 2 is 1.37 bits per heavy atom. The molecule has 0 aliphatic carbocycles. The molecule has 1 amide bonds. The molecule has 2 N–H and O–H groups in total. The zero-order valence-electron chi connectivity index (χ0n) is 23.3. The first kappa shape index (κ1) is 29.3. The Hall–Kier alpha value is -5.22. The van der Waals surface area contributed by atoms with E-state index in [1.54, 1.807) is 110 Å². The van der Waals surface area contributed by atoms with Crippen LogP contribution in [0.2, 0.25) is 0 Å². The highest BCUT2D eigenvalue weighted by atomic mass is 16.7. The number of ether oxygens (including phenoxy) is 4. The fourth-order valence-electron chi connectivity index (χ4n) is 4.97. The summed E-state index contributed by atoms with van der Waals surface area (Å²) in [5, 5.41) is 0. The van der Waals surface area contributed by atoms with E-state index in [9.17, 15) is 19.2 Å². The molecule has 220 valence electrons. The maximum atomic E-state index is 13.4. The van der Waals surface area contributed by atoms with Crippen LogP contribution in [0.5, 0.6) is 0 Å². The van der Waals surface area contributed by atoms with Crippen LogP contribution in [-0.4, -0.2) is 59.4 Å². The zero-order chi connectivity index (χ0) is 30.4. The molecule has 10 heteroatoms. The molecule has 4 atom stereocenters. The lowest BCUT2D eigenvalue weighted by molar-refractivity contribution is -0.119. The number of nitrogens with zero attached hydrogens (tertiary/aromatic N) is 1. The molecule has 0 spiro atoms. The summed E-state index contributed by atoms with van der Waals surface area (Å²) in [4.78, 5) is 53.2. The summed E-state index contributed by atoms with van der Waals surface area (Å²) in [6, 6.07) is 25.0. The minimum absolute atomic E-state index is 0.261. The number of allylic oxidation sites excluding steroid dienone is 1. The van der Waals surface area contributed by atoms with Gasteiger partial charge < -0.3 is 29.6 Å². The summed E-state index contributed by atoms with van der Waals surface area (Å²) in [6.45, 7) is 1.24. The predicted molar refractivity (Wildman–Crippen MR) is 154 cm³/mol. The largest absolute Gasteiger partial charge is 0.459 e. The van der Waals surface area contributed by atoms with Crippen LogP contribution in [-0.2, 0) is 23.7 Å². The quantitative estimate of drug-likeness (QED) is 0.293. The lowest BCUT2D eigenvalue weighted by atomic mass is 9.94. The minimum atomic E-state index is -1.66. The Kier molecular flexibility index (Phi) is 8.68. The number of amides is 1. The molecule has 3 aromatic carbocycles. The normalized spacial score (nSPS) is 22.8. The van der Waals surface area contributed by atoms with Crippen LogP contribution in [0.1, 0.15) is 44.4 Å². The Morgan fingerprint density at radius 3 is 1.93 bits per heavy atom. The van der Waals surface area contributed by atoms with Crippen LogP contribution in [0.25, 0.3) is 0 Å². The summed E-state index contributed by atoms with van der Waals surface area (Å²) in [5.41, 5.74) is 5.02. The van der Waals surface area contributed by atoms with Crippen molar-refractivity contribution in [1.29, 1.82) is 0 Å². The molecule has 1 fully saturated rings. The van der Waals surface area contributed by atoms with Crippen molar-refractivity contribution in [3.63, 3.8) is 0 Å². The van der Waals surface area contributed by atoms with Gasteiger partial charge in [-0.3, -0.25) is 4.79 Å². The maximum Gasteiger partial charge on any atom is 0.338 e. The van der Waals surface area contributed by atoms with Crippen molar-refractivity contribution < 1.29 is 38.1 Å². The summed E-state index contributed by atoms with van der Waals surface area (Å²) in [7, 11) is 0. The number of rotatable bonds is 9.